The molecule has 15 heavy (non-hydrogen) atoms. The van der Waals surface area contributed by atoms with Crippen LogP contribution in [0.4, 0.5) is 0 Å². The van der Waals surface area contributed by atoms with Crippen molar-refractivity contribution in [2.45, 2.75) is 39.2 Å². The topological polar surface area (TPSA) is 15.3 Å². The summed E-state index contributed by atoms with van der Waals surface area (Å²) >= 11 is 0. The second kappa shape index (κ2) is 5.13. The van der Waals surface area contributed by atoms with Gasteiger partial charge in [0.15, 0.2) is 0 Å². The van der Waals surface area contributed by atoms with Gasteiger partial charge in [0.25, 0.3) is 0 Å². The van der Waals surface area contributed by atoms with E-state index in [1.54, 1.807) is 0 Å². The van der Waals surface area contributed by atoms with Gasteiger partial charge >= 0.3 is 0 Å². The molecule has 88 valence electrons. The highest BCUT2D eigenvalue weighted by Crippen LogP contribution is 2.29. The fourth-order valence-electron chi connectivity index (χ4n) is 1.63. The van der Waals surface area contributed by atoms with Gasteiger partial charge < -0.3 is 10.2 Å². The quantitative estimate of drug-likeness (QED) is 0.677. The van der Waals surface area contributed by atoms with E-state index in [0.29, 0.717) is 0 Å². The molecule has 0 radical (unpaired) electrons. The van der Waals surface area contributed by atoms with E-state index in [1.807, 2.05) is 0 Å². The van der Waals surface area contributed by atoms with Crippen molar-refractivity contribution in [2.24, 2.45) is 5.92 Å². The Balaban J connectivity index is 2.11. The average Bonchev–Trinajstić information content (AvgIpc) is 2.83. The van der Waals surface area contributed by atoms with Gasteiger partial charge in [-0.1, -0.05) is 6.58 Å². The van der Waals surface area contributed by atoms with Crippen LogP contribution in [0.5, 0.6) is 0 Å². The first kappa shape index (κ1) is 12.7. The summed E-state index contributed by atoms with van der Waals surface area (Å²) in [4.78, 5) is 2.39. The fraction of sp³-hybridized carbons (Fsp3) is 0.846. The van der Waals surface area contributed by atoms with Gasteiger partial charge in [0.2, 0.25) is 0 Å². The van der Waals surface area contributed by atoms with Crippen molar-refractivity contribution in [1.82, 2.24) is 10.2 Å². The Bertz CT molecular complexity index is 211. The molecule has 1 rings (SSSR count). The first-order chi connectivity index (χ1) is 6.87. The highest BCUT2D eigenvalue weighted by Gasteiger charge is 2.22. The first-order valence-electron chi connectivity index (χ1n) is 5.97. The van der Waals surface area contributed by atoms with Crippen LogP contribution in [0.15, 0.2) is 12.2 Å². The standard InChI is InChI=1S/C13H26N2/c1-11(8-14-13(2,3)4)9-15(5)10-12-6-7-12/h12,14H,1,6-10H2,2-5H3. The van der Waals surface area contributed by atoms with Crippen LogP contribution in [-0.4, -0.2) is 37.1 Å². The molecule has 1 fully saturated rings. The molecule has 0 aromatic rings. The number of hydrogen-bond acceptors (Lipinski definition) is 2. The summed E-state index contributed by atoms with van der Waals surface area (Å²) < 4.78 is 0. The summed E-state index contributed by atoms with van der Waals surface area (Å²) in [6, 6.07) is 0. The van der Waals surface area contributed by atoms with Crippen molar-refractivity contribution in [3.8, 4) is 0 Å². The smallest absolute Gasteiger partial charge is 0.0199 e. The predicted molar refractivity (Wildman–Crippen MR) is 67.1 cm³/mol. The van der Waals surface area contributed by atoms with Crippen molar-refractivity contribution in [3.05, 3.63) is 12.2 Å². The second-order valence-corrected chi connectivity index (χ2v) is 5.99. The van der Waals surface area contributed by atoms with E-state index >= 15 is 0 Å². The van der Waals surface area contributed by atoms with Crippen LogP contribution in [0.3, 0.4) is 0 Å². The van der Waals surface area contributed by atoms with Gasteiger partial charge in [-0.05, 0) is 52.2 Å². The SMILES string of the molecule is C=C(CNC(C)(C)C)CN(C)CC1CC1. The lowest BCUT2D eigenvalue weighted by molar-refractivity contribution is 0.339. The number of likely N-dealkylation sites (N-methyl/N-ethyl adjacent to an activating group) is 1. The number of nitrogens with one attached hydrogen (secondary N) is 1. The Hall–Kier alpha value is -0.340. The third-order valence-corrected chi connectivity index (χ3v) is 2.63. The van der Waals surface area contributed by atoms with Gasteiger partial charge in [-0.3, -0.25) is 0 Å². The Kier molecular flexibility index (Phi) is 4.35. The number of nitrogens with zero attached hydrogens (tertiary/aromatic N) is 1. The molecule has 0 spiro atoms. The van der Waals surface area contributed by atoms with Gasteiger partial charge in [-0.15, -0.1) is 0 Å². The lowest BCUT2D eigenvalue weighted by atomic mass is 10.1. The summed E-state index contributed by atoms with van der Waals surface area (Å²) in [6.45, 7) is 13.9. The molecule has 1 saturated carbocycles. The summed E-state index contributed by atoms with van der Waals surface area (Å²) in [5.74, 6) is 0.971. The Labute approximate surface area is 94.7 Å². The van der Waals surface area contributed by atoms with Crippen LogP contribution in [0.25, 0.3) is 0 Å². The third-order valence-electron chi connectivity index (χ3n) is 2.63. The minimum absolute atomic E-state index is 0.192. The zero-order valence-corrected chi connectivity index (χ0v) is 10.8. The molecule has 0 heterocycles. The summed E-state index contributed by atoms with van der Waals surface area (Å²) in [5, 5.41) is 3.47. The Morgan fingerprint density at radius 1 is 1.40 bits per heavy atom. The fourth-order valence-corrected chi connectivity index (χ4v) is 1.63. The number of hydrogen-bond donors (Lipinski definition) is 1. The van der Waals surface area contributed by atoms with Crippen molar-refractivity contribution >= 4 is 0 Å². The van der Waals surface area contributed by atoms with Crippen molar-refractivity contribution in [1.29, 1.82) is 0 Å². The molecular formula is C13H26N2. The maximum absolute atomic E-state index is 4.12. The van der Waals surface area contributed by atoms with Crippen molar-refractivity contribution < 1.29 is 0 Å². The third kappa shape index (κ3) is 6.69. The van der Waals surface area contributed by atoms with E-state index in [4.69, 9.17) is 0 Å². The normalized spacial score (nSPS) is 17.1. The van der Waals surface area contributed by atoms with Gasteiger partial charge in [0.1, 0.15) is 0 Å². The Morgan fingerprint density at radius 3 is 2.47 bits per heavy atom. The molecule has 0 saturated heterocycles. The largest absolute Gasteiger partial charge is 0.308 e. The molecule has 2 nitrogen and oxygen atoms in total. The highest BCUT2D eigenvalue weighted by molar-refractivity contribution is 5.01. The minimum Gasteiger partial charge on any atom is -0.308 e. The van der Waals surface area contributed by atoms with E-state index in [9.17, 15) is 0 Å². The van der Waals surface area contributed by atoms with Crippen LogP contribution >= 0.6 is 0 Å². The van der Waals surface area contributed by atoms with Crippen LogP contribution in [0, 0.1) is 5.92 Å². The molecule has 0 atom stereocenters. The summed E-state index contributed by atoms with van der Waals surface area (Å²) in [5.41, 5.74) is 1.48. The van der Waals surface area contributed by atoms with Gasteiger partial charge in [0.05, 0.1) is 0 Å². The van der Waals surface area contributed by atoms with E-state index in [-0.39, 0.29) is 5.54 Å². The predicted octanol–water partition coefficient (Wildman–Crippen LogP) is 2.27. The van der Waals surface area contributed by atoms with Gasteiger partial charge in [-0.2, -0.15) is 0 Å². The van der Waals surface area contributed by atoms with Crippen molar-refractivity contribution in [3.63, 3.8) is 0 Å². The van der Waals surface area contributed by atoms with E-state index in [2.05, 4.69) is 44.6 Å². The molecular weight excluding hydrogens is 184 g/mol. The first-order valence-corrected chi connectivity index (χ1v) is 5.97. The van der Waals surface area contributed by atoms with Crippen LogP contribution in [0.1, 0.15) is 33.6 Å². The lowest BCUT2D eigenvalue weighted by Gasteiger charge is -2.23. The molecule has 0 amide bonds. The molecule has 0 aromatic heterocycles. The molecule has 1 aliphatic rings. The van der Waals surface area contributed by atoms with Crippen molar-refractivity contribution in [2.75, 3.05) is 26.7 Å². The molecule has 2 heteroatoms. The van der Waals surface area contributed by atoms with Crippen LogP contribution in [0.2, 0.25) is 0 Å². The average molecular weight is 210 g/mol. The zero-order chi connectivity index (χ0) is 11.5. The molecule has 0 unspecified atom stereocenters. The van der Waals surface area contributed by atoms with Gasteiger partial charge in [0, 0.05) is 25.2 Å². The zero-order valence-electron chi connectivity index (χ0n) is 10.8. The monoisotopic (exact) mass is 210 g/mol. The summed E-state index contributed by atoms with van der Waals surface area (Å²) in [7, 11) is 2.20. The van der Waals surface area contributed by atoms with Gasteiger partial charge in [-0.25, -0.2) is 0 Å². The maximum atomic E-state index is 4.12. The minimum atomic E-state index is 0.192. The molecule has 1 N–H and O–H groups in total. The maximum Gasteiger partial charge on any atom is 0.0199 e. The molecule has 1 aliphatic carbocycles. The Morgan fingerprint density at radius 2 is 2.00 bits per heavy atom. The molecule has 0 bridgehead atoms. The number of rotatable bonds is 6. The lowest BCUT2D eigenvalue weighted by Crippen LogP contribution is -2.38. The van der Waals surface area contributed by atoms with E-state index in [1.165, 1.54) is 25.0 Å². The van der Waals surface area contributed by atoms with Crippen LogP contribution < -0.4 is 5.32 Å². The summed E-state index contributed by atoms with van der Waals surface area (Å²) in [6.07, 6.45) is 2.86. The second-order valence-electron chi connectivity index (χ2n) is 5.99. The van der Waals surface area contributed by atoms with E-state index < -0.39 is 0 Å². The van der Waals surface area contributed by atoms with Crippen LogP contribution in [-0.2, 0) is 0 Å². The highest BCUT2D eigenvalue weighted by atomic mass is 15.1. The molecule has 0 aromatic carbocycles. The van der Waals surface area contributed by atoms with E-state index in [0.717, 1.165) is 19.0 Å². The molecule has 0 aliphatic heterocycles.